The van der Waals surface area contributed by atoms with Crippen LogP contribution < -0.4 is 0 Å². The van der Waals surface area contributed by atoms with Crippen LogP contribution in [0.25, 0.3) is 0 Å². The van der Waals surface area contributed by atoms with E-state index in [1.807, 2.05) is 0 Å². The van der Waals surface area contributed by atoms with Crippen LogP contribution in [0.15, 0.2) is 0 Å². The van der Waals surface area contributed by atoms with E-state index in [2.05, 4.69) is 12.8 Å². The van der Waals surface area contributed by atoms with E-state index in [9.17, 15) is 0 Å². The molecule has 0 heterocycles. The van der Waals surface area contributed by atoms with Gasteiger partial charge in [-0.05, 0) is 0 Å². The quantitative estimate of drug-likeness (QED) is 0.215. The molecule has 0 aromatic carbocycles. The summed E-state index contributed by atoms with van der Waals surface area (Å²) < 4.78 is 8.06. The minimum Gasteiger partial charge on any atom is -0.412 e. The van der Waals surface area contributed by atoms with Gasteiger partial charge in [0.2, 0.25) is 0 Å². The Morgan fingerprint density at radius 1 is 1.00 bits per heavy atom. The van der Waals surface area contributed by atoms with Gasteiger partial charge in [0, 0.05) is 0 Å². The Morgan fingerprint density at radius 2 is 1.00 bits per heavy atom. The second kappa shape index (κ2) is 12600. The fraction of sp³-hybridized carbons (Fsp3) is 0. The third kappa shape index (κ3) is 8170. The highest BCUT2D eigenvalue weighted by molar-refractivity contribution is 7.00. The van der Waals surface area contributed by atoms with Gasteiger partial charge in [0.15, 0.2) is 17.4 Å². The highest BCUT2D eigenvalue weighted by atomic mass is 31.0. The number of terminal acetylenes is 1. The maximum Gasteiger partial charge on any atom is 0.187 e. The van der Waals surface area contributed by atoms with Crippen molar-refractivity contribution in [3.8, 4) is 12.8 Å². The molecule has 0 saturated carbocycles. The first-order valence-corrected chi connectivity index (χ1v) is 0.946. The molecule has 0 aliphatic carbocycles. The minimum absolute atomic E-state index is 0. The maximum atomic E-state index is 8.06. The van der Waals surface area contributed by atoms with E-state index in [0.717, 1.165) is 0 Å². The van der Waals surface area contributed by atoms with Crippen LogP contribution in [0.2, 0.25) is 0 Å². The molecular weight excluding hydrogens is 130 g/mol. The van der Waals surface area contributed by atoms with Gasteiger partial charge in [0.1, 0.15) is 9.12 Å². The Hall–Kier alpha value is 0.112. The Labute approximate surface area is 55.5 Å². The van der Waals surface area contributed by atoms with Gasteiger partial charge in [-0.25, -0.2) is 0 Å². The third-order valence-corrected chi connectivity index (χ3v) is 0. The zero-order chi connectivity index (χ0) is 4.00. The Balaban J connectivity index is -0.00000000267. The lowest BCUT2D eigenvalue weighted by atomic mass is 11.4. The van der Waals surface area contributed by atoms with Gasteiger partial charge in [0.25, 0.3) is 0 Å². The molecular formula is C2H10AlO3P. The van der Waals surface area contributed by atoms with Crippen molar-refractivity contribution < 1.29 is 15.5 Å². The van der Waals surface area contributed by atoms with Crippen LogP contribution in [-0.4, -0.2) is 28.3 Å². The Bertz CT molecular complexity index is 24.1. The maximum absolute atomic E-state index is 8.06. The van der Waals surface area contributed by atoms with Crippen LogP contribution in [-0.2, 0) is 4.57 Å². The average molecular weight is 140 g/mol. The second-order valence-corrected chi connectivity index (χ2v) is 0. The molecule has 0 aromatic rings. The topological polar surface area (TPSA) is 80.1 Å². The summed E-state index contributed by atoms with van der Waals surface area (Å²) in [6, 6.07) is 0. The fourth-order valence-electron chi connectivity index (χ4n) is 0. The predicted molar refractivity (Wildman–Crippen MR) is 36.1 cm³/mol. The van der Waals surface area contributed by atoms with Crippen molar-refractivity contribution in [3.05, 3.63) is 0 Å². The van der Waals surface area contributed by atoms with E-state index in [0.29, 0.717) is 0 Å². The molecule has 0 rings (SSSR count). The van der Waals surface area contributed by atoms with E-state index in [4.69, 9.17) is 4.57 Å². The van der Waals surface area contributed by atoms with Crippen molar-refractivity contribution >= 4 is 26.5 Å². The van der Waals surface area contributed by atoms with Gasteiger partial charge in [-0.2, -0.15) is 0 Å². The van der Waals surface area contributed by atoms with Gasteiger partial charge in [-0.1, -0.05) is 0 Å². The number of hydrogen-bond donors (Lipinski definition) is 0. The average Bonchev–Trinajstić information content (AvgIpc) is 1.50. The van der Waals surface area contributed by atoms with Crippen LogP contribution >= 0.6 is 9.12 Å². The zero-order valence-electron chi connectivity index (χ0n) is 3.06. The number of hydrogen-bond acceptors (Lipinski definition) is 1. The monoisotopic (exact) mass is 140 g/mol. The molecule has 44 valence electrons. The lowest BCUT2D eigenvalue weighted by Crippen LogP contribution is -0.576. The van der Waals surface area contributed by atoms with Crippen LogP contribution in [0.4, 0.5) is 0 Å². The third-order valence-electron chi connectivity index (χ3n) is 0. The fourth-order valence-corrected chi connectivity index (χ4v) is 0. The molecule has 0 bridgehead atoms. The molecule has 0 aliphatic rings. The van der Waals surface area contributed by atoms with Gasteiger partial charge >= 0.3 is 0 Å². The molecule has 0 atom stereocenters. The normalized spacial score (nSPS) is 0.857. The highest BCUT2D eigenvalue weighted by Gasteiger charge is 0.667. The molecule has 0 radical (unpaired) electrons. The van der Waals surface area contributed by atoms with Crippen molar-refractivity contribution in [1.29, 1.82) is 0 Å². The molecule has 0 unspecified atom stereocenters. The summed E-state index contributed by atoms with van der Waals surface area (Å²) in [6.07, 6.45) is 8.00. The summed E-state index contributed by atoms with van der Waals surface area (Å²) in [5.74, 6) is 0. The van der Waals surface area contributed by atoms with E-state index >= 15 is 0 Å². The standard InChI is InChI=1S/C2H2.Al.HOP.2H2O.3H/c1-2;;1-2;;;;;/h1-2H;;2H;2*1H2;;;. The molecule has 0 spiro atoms. The van der Waals surface area contributed by atoms with Crippen molar-refractivity contribution in [3.63, 3.8) is 0 Å². The van der Waals surface area contributed by atoms with Gasteiger partial charge in [-0.15, -0.1) is 12.8 Å². The molecule has 7 heavy (non-hydrogen) atoms. The van der Waals surface area contributed by atoms with Crippen LogP contribution in [0.5, 0.6) is 0 Å². The first kappa shape index (κ1) is 59.5. The van der Waals surface area contributed by atoms with Crippen molar-refractivity contribution in [2.75, 3.05) is 0 Å². The van der Waals surface area contributed by atoms with E-state index < -0.39 is 0 Å². The summed E-state index contributed by atoms with van der Waals surface area (Å²) in [7, 11) is 1.72. The Morgan fingerprint density at radius 3 is 1.00 bits per heavy atom. The molecule has 0 fully saturated rings. The minimum atomic E-state index is 0. The smallest absolute Gasteiger partial charge is 0.187 e. The summed E-state index contributed by atoms with van der Waals surface area (Å²) >= 11 is 0. The summed E-state index contributed by atoms with van der Waals surface area (Å²) in [4.78, 5) is 0. The Kier molecular flexibility index (Phi) is 107000. The lowest BCUT2D eigenvalue weighted by Gasteiger charge is -0.807. The molecule has 4 N–H and O–H groups in total. The van der Waals surface area contributed by atoms with Gasteiger partial charge in [0.05, 0.1) is 0 Å². The van der Waals surface area contributed by atoms with E-state index in [-0.39, 0.29) is 28.3 Å². The highest BCUT2D eigenvalue weighted by Crippen LogP contribution is 1.23. The summed E-state index contributed by atoms with van der Waals surface area (Å²) in [6.45, 7) is 0. The van der Waals surface area contributed by atoms with E-state index in [1.165, 1.54) is 0 Å². The molecule has 5 heteroatoms. The summed E-state index contributed by atoms with van der Waals surface area (Å²) in [5, 5.41) is 0. The van der Waals surface area contributed by atoms with Crippen molar-refractivity contribution in [2.24, 2.45) is 0 Å². The molecule has 0 aliphatic heterocycles. The molecule has 0 amide bonds. The van der Waals surface area contributed by atoms with Crippen LogP contribution in [0.1, 0.15) is 0 Å². The van der Waals surface area contributed by atoms with Crippen LogP contribution in [0.3, 0.4) is 0 Å². The number of rotatable bonds is 0. The zero-order valence-corrected chi connectivity index (χ0v) is 4.06. The van der Waals surface area contributed by atoms with E-state index in [1.54, 1.807) is 9.12 Å². The van der Waals surface area contributed by atoms with Gasteiger partial charge in [-0.3, -0.25) is 4.57 Å². The van der Waals surface area contributed by atoms with Gasteiger partial charge < -0.3 is 11.0 Å². The van der Waals surface area contributed by atoms with Crippen molar-refractivity contribution in [1.82, 2.24) is 0 Å². The van der Waals surface area contributed by atoms with Crippen molar-refractivity contribution in [2.45, 2.75) is 0 Å². The second-order valence-electron chi connectivity index (χ2n) is 0. The first-order valence-electron chi connectivity index (χ1n) is 0.537. The van der Waals surface area contributed by atoms with Crippen LogP contribution in [0, 0.1) is 12.8 Å². The SMILES string of the molecule is C#C.O.O.O=P.[AlH3]. The lowest BCUT2D eigenvalue weighted by molar-refractivity contribution is 0.607. The first-order chi connectivity index (χ1) is 2.00. The molecule has 3 nitrogen and oxygen atoms in total. The summed E-state index contributed by atoms with van der Waals surface area (Å²) in [5.41, 5.74) is 0. The molecule has 0 saturated heterocycles. The predicted octanol–water partition coefficient (Wildman–Crippen LogP) is -2.11. The molecule has 0 aromatic heterocycles. The largest absolute Gasteiger partial charge is 0.412 e.